The summed E-state index contributed by atoms with van der Waals surface area (Å²) in [6.45, 7) is 15.5. The summed E-state index contributed by atoms with van der Waals surface area (Å²) >= 11 is 0. The number of rotatable bonds is 4. The summed E-state index contributed by atoms with van der Waals surface area (Å²) in [7, 11) is 0. The van der Waals surface area contributed by atoms with Crippen LogP contribution in [0.1, 0.15) is 53.4 Å². The van der Waals surface area contributed by atoms with Gasteiger partial charge in [-0.05, 0) is 53.0 Å². The monoisotopic (exact) mass is 267 g/mol. The van der Waals surface area contributed by atoms with Crippen molar-refractivity contribution in [3.63, 3.8) is 0 Å². The average molecular weight is 267 g/mol. The van der Waals surface area contributed by atoms with E-state index in [1.54, 1.807) is 0 Å². The van der Waals surface area contributed by atoms with Gasteiger partial charge in [0.25, 0.3) is 0 Å². The highest BCUT2D eigenvalue weighted by molar-refractivity contribution is 4.90. The van der Waals surface area contributed by atoms with Crippen LogP contribution in [-0.4, -0.2) is 60.1 Å². The van der Waals surface area contributed by atoms with E-state index in [0.717, 1.165) is 12.1 Å². The lowest BCUT2D eigenvalue weighted by Crippen LogP contribution is -2.55. The van der Waals surface area contributed by atoms with Gasteiger partial charge in [0, 0.05) is 43.8 Å². The van der Waals surface area contributed by atoms with Gasteiger partial charge >= 0.3 is 0 Å². The molecule has 112 valence electrons. The van der Waals surface area contributed by atoms with Crippen molar-refractivity contribution in [3.8, 4) is 0 Å². The second kappa shape index (κ2) is 6.55. The zero-order valence-electron chi connectivity index (χ0n) is 13.4. The van der Waals surface area contributed by atoms with Crippen molar-refractivity contribution in [1.29, 1.82) is 0 Å². The molecule has 2 fully saturated rings. The Morgan fingerprint density at radius 1 is 1.05 bits per heavy atom. The van der Waals surface area contributed by atoms with Crippen LogP contribution in [-0.2, 0) is 0 Å². The Morgan fingerprint density at radius 2 is 1.74 bits per heavy atom. The quantitative estimate of drug-likeness (QED) is 0.843. The maximum Gasteiger partial charge on any atom is 0.0126 e. The van der Waals surface area contributed by atoms with Gasteiger partial charge in [-0.3, -0.25) is 9.80 Å². The molecule has 0 bridgehead atoms. The van der Waals surface area contributed by atoms with Crippen LogP contribution in [0.3, 0.4) is 0 Å². The van der Waals surface area contributed by atoms with E-state index in [0.29, 0.717) is 5.54 Å². The van der Waals surface area contributed by atoms with Crippen molar-refractivity contribution in [2.45, 2.75) is 71.0 Å². The standard InChI is InChI=1S/C16H33N3/c1-5-8-17-14-6-7-15(13-14)18-9-11-19(12-10-18)16(2,3)4/h14-15,17H,5-13H2,1-4H3. The molecule has 0 aromatic rings. The molecule has 1 heterocycles. The van der Waals surface area contributed by atoms with E-state index in [1.807, 2.05) is 0 Å². The SMILES string of the molecule is CCCNC1CCC(N2CCN(C(C)(C)C)CC2)C1. The second-order valence-corrected chi connectivity index (χ2v) is 7.31. The molecule has 2 atom stereocenters. The van der Waals surface area contributed by atoms with Crippen molar-refractivity contribution >= 4 is 0 Å². The van der Waals surface area contributed by atoms with E-state index in [-0.39, 0.29) is 0 Å². The number of hydrogen-bond donors (Lipinski definition) is 1. The van der Waals surface area contributed by atoms with Gasteiger partial charge in [-0.25, -0.2) is 0 Å². The van der Waals surface area contributed by atoms with Gasteiger partial charge in [-0.2, -0.15) is 0 Å². The number of nitrogens with one attached hydrogen (secondary N) is 1. The lowest BCUT2D eigenvalue weighted by Gasteiger charge is -2.44. The molecule has 0 amide bonds. The minimum atomic E-state index is 0.340. The van der Waals surface area contributed by atoms with Gasteiger partial charge in [0.1, 0.15) is 0 Å². The molecule has 3 heteroatoms. The third-order valence-electron chi connectivity index (χ3n) is 4.87. The minimum absolute atomic E-state index is 0.340. The van der Waals surface area contributed by atoms with Gasteiger partial charge < -0.3 is 5.32 Å². The van der Waals surface area contributed by atoms with Gasteiger partial charge in [0.05, 0.1) is 0 Å². The van der Waals surface area contributed by atoms with Crippen molar-refractivity contribution in [2.75, 3.05) is 32.7 Å². The first-order valence-electron chi connectivity index (χ1n) is 8.23. The van der Waals surface area contributed by atoms with Crippen molar-refractivity contribution < 1.29 is 0 Å². The smallest absolute Gasteiger partial charge is 0.0126 e. The molecule has 1 N–H and O–H groups in total. The molecule has 3 nitrogen and oxygen atoms in total. The van der Waals surface area contributed by atoms with Gasteiger partial charge in [0.2, 0.25) is 0 Å². The second-order valence-electron chi connectivity index (χ2n) is 7.31. The van der Waals surface area contributed by atoms with Crippen LogP contribution in [0.15, 0.2) is 0 Å². The largest absolute Gasteiger partial charge is 0.314 e. The molecule has 2 rings (SSSR count). The predicted octanol–water partition coefficient (Wildman–Crippen LogP) is 2.32. The van der Waals surface area contributed by atoms with Crippen LogP contribution in [0, 0.1) is 0 Å². The lowest BCUT2D eigenvalue weighted by atomic mass is 10.0. The van der Waals surface area contributed by atoms with Gasteiger partial charge in [0.15, 0.2) is 0 Å². The summed E-state index contributed by atoms with van der Waals surface area (Å²) in [5.41, 5.74) is 0.340. The average Bonchev–Trinajstić information content (AvgIpc) is 2.84. The molecule has 0 aromatic heterocycles. The highest BCUT2D eigenvalue weighted by atomic mass is 15.3. The Kier molecular flexibility index (Phi) is 5.27. The third-order valence-corrected chi connectivity index (χ3v) is 4.87. The van der Waals surface area contributed by atoms with Crippen LogP contribution in [0.5, 0.6) is 0 Å². The molecule has 1 aliphatic carbocycles. The Hall–Kier alpha value is -0.120. The normalized spacial score (nSPS) is 30.9. The van der Waals surface area contributed by atoms with Gasteiger partial charge in [-0.1, -0.05) is 6.92 Å². The highest BCUT2D eigenvalue weighted by Crippen LogP contribution is 2.26. The predicted molar refractivity (Wildman–Crippen MR) is 82.6 cm³/mol. The Labute approximate surface area is 119 Å². The molecular formula is C16H33N3. The molecule has 1 saturated carbocycles. The first kappa shape index (κ1) is 15.3. The van der Waals surface area contributed by atoms with Gasteiger partial charge in [-0.15, -0.1) is 0 Å². The van der Waals surface area contributed by atoms with E-state index < -0.39 is 0 Å². The molecular weight excluding hydrogens is 234 g/mol. The Balaban J connectivity index is 1.74. The highest BCUT2D eigenvalue weighted by Gasteiger charge is 2.32. The fourth-order valence-corrected chi connectivity index (χ4v) is 3.58. The molecule has 2 unspecified atom stereocenters. The first-order chi connectivity index (χ1) is 9.00. The summed E-state index contributed by atoms with van der Waals surface area (Å²) in [4.78, 5) is 5.38. The summed E-state index contributed by atoms with van der Waals surface area (Å²) in [6.07, 6.45) is 5.40. The Bertz CT molecular complexity index is 264. The summed E-state index contributed by atoms with van der Waals surface area (Å²) in [5.74, 6) is 0. The molecule has 0 spiro atoms. The van der Waals surface area contributed by atoms with Crippen LogP contribution < -0.4 is 5.32 Å². The summed E-state index contributed by atoms with van der Waals surface area (Å²) < 4.78 is 0. The molecule has 2 aliphatic rings. The van der Waals surface area contributed by atoms with E-state index in [2.05, 4.69) is 42.8 Å². The lowest BCUT2D eigenvalue weighted by molar-refractivity contribution is 0.0428. The van der Waals surface area contributed by atoms with Crippen LogP contribution in [0.25, 0.3) is 0 Å². The van der Waals surface area contributed by atoms with E-state index in [1.165, 1.54) is 58.4 Å². The van der Waals surface area contributed by atoms with E-state index >= 15 is 0 Å². The van der Waals surface area contributed by atoms with Crippen molar-refractivity contribution in [2.24, 2.45) is 0 Å². The molecule has 19 heavy (non-hydrogen) atoms. The van der Waals surface area contributed by atoms with E-state index in [9.17, 15) is 0 Å². The fourth-order valence-electron chi connectivity index (χ4n) is 3.58. The first-order valence-corrected chi connectivity index (χ1v) is 8.23. The zero-order valence-corrected chi connectivity index (χ0v) is 13.4. The number of hydrogen-bond acceptors (Lipinski definition) is 3. The Morgan fingerprint density at radius 3 is 2.32 bits per heavy atom. The van der Waals surface area contributed by atoms with E-state index in [4.69, 9.17) is 0 Å². The third kappa shape index (κ3) is 4.17. The number of piperazine rings is 1. The van der Waals surface area contributed by atoms with Crippen molar-refractivity contribution in [1.82, 2.24) is 15.1 Å². The molecule has 1 saturated heterocycles. The van der Waals surface area contributed by atoms with Crippen LogP contribution in [0.2, 0.25) is 0 Å². The molecule has 0 radical (unpaired) electrons. The zero-order chi connectivity index (χ0) is 13.9. The fraction of sp³-hybridized carbons (Fsp3) is 1.00. The maximum absolute atomic E-state index is 3.70. The molecule has 1 aliphatic heterocycles. The summed E-state index contributed by atoms with van der Waals surface area (Å²) in [5, 5.41) is 3.70. The number of nitrogens with zero attached hydrogens (tertiary/aromatic N) is 2. The topological polar surface area (TPSA) is 18.5 Å². The maximum atomic E-state index is 3.70. The van der Waals surface area contributed by atoms with Crippen LogP contribution in [0.4, 0.5) is 0 Å². The summed E-state index contributed by atoms with van der Waals surface area (Å²) in [6, 6.07) is 1.63. The van der Waals surface area contributed by atoms with Crippen LogP contribution >= 0.6 is 0 Å². The molecule has 0 aromatic carbocycles. The van der Waals surface area contributed by atoms with Crippen molar-refractivity contribution in [3.05, 3.63) is 0 Å². The minimum Gasteiger partial charge on any atom is -0.314 e.